The summed E-state index contributed by atoms with van der Waals surface area (Å²) in [6, 6.07) is 30.0. The van der Waals surface area contributed by atoms with Gasteiger partial charge in [-0.15, -0.1) is 0 Å². The standard InChI is InChI=1S/C19H17N3.BrH/c20-19(21-16-10-4-1-5-11-16)22(17-12-6-2-7-13-17)18-14-8-3-9-15-18;/h1-15H,(H2,20,21);1H. The molecule has 0 aliphatic carbocycles. The molecule has 0 aromatic heterocycles. The lowest BCUT2D eigenvalue weighted by molar-refractivity contribution is -0.00000452. The van der Waals surface area contributed by atoms with Crippen LogP contribution < -0.4 is 32.6 Å². The van der Waals surface area contributed by atoms with Gasteiger partial charge in [0.05, 0.1) is 5.69 Å². The van der Waals surface area contributed by atoms with E-state index in [1.807, 2.05) is 95.6 Å². The predicted molar refractivity (Wildman–Crippen MR) is 93.6 cm³/mol. The molecule has 0 saturated carbocycles. The quantitative estimate of drug-likeness (QED) is 0.411. The van der Waals surface area contributed by atoms with Gasteiger partial charge < -0.3 is 17.0 Å². The summed E-state index contributed by atoms with van der Waals surface area (Å²) < 4.78 is 1.99. The fourth-order valence-electron chi connectivity index (χ4n) is 2.31. The molecule has 0 saturated heterocycles. The van der Waals surface area contributed by atoms with Crippen LogP contribution in [0.25, 0.3) is 0 Å². The molecule has 0 unspecified atom stereocenters. The van der Waals surface area contributed by atoms with Crippen LogP contribution in [0.2, 0.25) is 0 Å². The molecule has 0 fully saturated rings. The zero-order chi connectivity index (χ0) is 15.2. The molecule has 0 aliphatic rings. The second kappa shape index (κ2) is 8.15. The lowest BCUT2D eigenvalue weighted by Gasteiger charge is -2.11. The zero-order valence-corrected chi connectivity index (χ0v) is 14.1. The Hall–Kier alpha value is -2.59. The lowest BCUT2D eigenvalue weighted by atomic mass is 10.2. The van der Waals surface area contributed by atoms with E-state index in [-0.39, 0.29) is 17.0 Å². The molecule has 23 heavy (non-hydrogen) atoms. The molecule has 0 spiro atoms. The van der Waals surface area contributed by atoms with Crippen LogP contribution in [0.4, 0.5) is 17.1 Å². The normalized spacial score (nSPS) is 9.57. The number of anilines is 1. The number of para-hydroxylation sites is 3. The van der Waals surface area contributed by atoms with E-state index in [0.717, 1.165) is 17.1 Å². The third-order valence-electron chi connectivity index (χ3n) is 3.32. The number of hydrogen-bond acceptors (Lipinski definition) is 0. The molecule has 0 bridgehead atoms. The summed E-state index contributed by atoms with van der Waals surface area (Å²) in [7, 11) is 0. The van der Waals surface area contributed by atoms with Crippen LogP contribution in [0.5, 0.6) is 0 Å². The molecule has 116 valence electrons. The van der Waals surface area contributed by atoms with E-state index in [4.69, 9.17) is 5.73 Å². The van der Waals surface area contributed by atoms with Crippen molar-refractivity contribution in [3.63, 3.8) is 0 Å². The number of hydrogen-bond donors (Lipinski definition) is 2. The Labute approximate surface area is 146 Å². The summed E-state index contributed by atoms with van der Waals surface area (Å²) in [6.45, 7) is 0. The zero-order valence-electron chi connectivity index (χ0n) is 12.6. The highest BCUT2D eigenvalue weighted by atomic mass is 79.9. The van der Waals surface area contributed by atoms with E-state index >= 15 is 0 Å². The molecular weight excluding hydrogens is 350 g/mol. The van der Waals surface area contributed by atoms with Gasteiger partial charge in [-0.2, -0.15) is 4.58 Å². The molecule has 0 heterocycles. The summed E-state index contributed by atoms with van der Waals surface area (Å²) in [6.07, 6.45) is 0. The van der Waals surface area contributed by atoms with Gasteiger partial charge >= 0.3 is 5.96 Å². The highest BCUT2D eigenvalue weighted by molar-refractivity contribution is 5.96. The van der Waals surface area contributed by atoms with Crippen LogP contribution >= 0.6 is 0 Å². The maximum atomic E-state index is 6.35. The SMILES string of the molecule is NC(Nc1ccccc1)=[N+](c1ccccc1)c1ccccc1.[Br-]. The Morgan fingerprint density at radius 2 is 1.04 bits per heavy atom. The van der Waals surface area contributed by atoms with Crippen molar-refractivity contribution in [3.05, 3.63) is 91.0 Å². The van der Waals surface area contributed by atoms with Gasteiger partial charge in [0, 0.05) is 0 Å². The number of nitrogens with zero attached hydrogens (tertiary/aromatic N) is 1. The minimum Gasteiger partial charge on any atom is -1.00 e. The molecule has 3 nitrogen and oxygen atoms in total. The Morgan fingerprint density at radius 3 is 1.48 bits per heavy atom. The van der Waals surface area contributed by atoms with Gasteiger partial charge in [0.1, 0.15) is 11.4 Å². The van der Waals surface area contributed by atoms with Gasteiger partial charge in [-0.25, -0.2) is 5.32 Å². The Balaban J connectivity index is 0.00000192. The first kappa shape index (κ1) is 16.8. The van der Waals surface area contributed by atoms with Crippen LogP contribution in [0.1, 0.15) is 0 Å². The van der Waals surface area contributed by atoms with Crippen LogP contribution in [0, 0.1) is 0 Å². The monoisotopic (exact) mass is 367 g/mol. The van der Waals surface area contributed by atoms with E-state index < -0.39 is 0 Å². The van der Waals surface area contributed by atoms with Crippen molar-refractivity contribution in [2.45, 2.75) is 0 Å². The van der Waals surface area contributed by atoms with E-state index in [1.54, 1.807) is 0 Å². The molecule has 0 amide bonds. The third-order valence-corrected chi connectivity index (χ3v) is 3.32. The molecule has 0 radical (unpaired) electrons. The third kappa shape index (κ3) is 4.20. The summed E-state index contributed by atoms with van der Waals surface area (Å²) >= 11 is 0. The molecular formula is C19H18BrN3. The van der Waals surface area contributed by atoms with Crippen molar-refractivity contribution in [2.75, 3.05) is 5.32 Å². The highest BCUT2D eigenvalue weighted by Crippen LogP contribution is 2.20. The van der Waals surface area contributed by atoms with Crippen LogP contribution in [-0.2, 0) is 0 Å². The van der Waals surface area contributed by atoms with Crippen molar-refractivity contribution in [1.29, 1.82) is 0 Å². The first-order valence-electron chi connectivity index (χ1n) is 7.19. The van der Waals surface area contributed by atoms with Crippen molar-refractivity contribution >= 4 is 23.0 Å². The van der Waals surface area contributed by atoms with Gasteiger partial charge in [-0.1, -0.05) is 54.6 Å². The number of nitrogens with two attached hydrogens (primary N) is 1. The summed E-state index contributed by atoms with van der Waals surface area (Å²) in [5.74, 6) is 0.559. The Morgan fingerprint density at radius 1 is 0.652 bits per heavy atom. The second-order valence-electron chi connectivity index (χ2n) is 4.88. The van der Waals surface area contributed by atoms with Crippen LogP contribution in [0.3, 0.4) is 0 Å². The molecule has 3 rings (SSSR count). The largest absolute Gasteiger partial charge is 1.00 e. The van der Waals surface area contributed by atoms with Gasteiger partial charge in [-0.05, 0) is 36.4 Å². The maximum absolute atomic E-state index is 6.35. The fraction of sp³-hybridized carbons (Fsp3) is 0. The number of benzene rings is 3. The fourth-order valence-corrected chi connectivity index (χ4v) is 2.31. The molecule has 0 aliphatic heterocycles. The first-order chi connectivity index (χ1) is 10.8. The molecule has 3 aromatic carbocycles. The lowest BCUT2D eigenvalue weighted by Crippen LogP contribution is -3.00. The smallest absolute Gasteiger partial charge is 0.358 e. The van der Waals surface area contributed by atoms with Crippen LogP contribution in [-0.4, -0.2) is 5.96 Å². The van der Waals surface area contributed by atoms with Crippen molar-refractivity contribution in [2.24, 2.45) is 5.73 Å². The predicted octanol–water partition coefficient (Wildman–Crippen LogP) is 0.952. The Kier molecular flexibility index (Phi) is 5.94. The highest BCUT2D eigenvalue weighted by Gasteiger charge is 2.13. The van der Waals surface area contributed by atoms with Gasteiger partial charge in [0.2, 0.25) is 0 Å². The van der Waals surface area contributed by atoms with Crippen molar-refractivity contribution < 1.29 is 17.0 Å². The number of nitrogens with one attached hydrogen (secondary N) is 1. The Bertz CT molecular complexity index is 715. The molecule has 4 heteroatoms. The minimum atomic E-state index is 0. The topological polar surface area (TPSA) is 41.1 Å². The molecule has 0 atom stereocenters. The summed E-state index contributed by atoms with van der Waals surface area (Å²) in [5.41, 5.74) is 9.32. The number of rotatable bonds is 3. The van der Waals surface area contributed by atoms with E-state index in [2.05, 4.69) is 5.32 Å². The number of halogens is 1. The minimum absolute atomic E-state index is 0. The first-order valence-corrected chi connectivity index (χ1v) is 7.19. The van der Waals surface area contributed by atoms with Gasteiger partial charge in [-0.3, -0.25) is 5.73 Å². The van der Waals surface area contributed by atoms with Gasteiger partial charge in [0.15, 0.2) is 0 Å². The van der Waals surface area contributed by atoms with Crippen molar-refractivity contribution in [3.8, 4) is 0 Å². The van der Waals surface area contributed by atoms with Crippen molar-refractivity contribution in [1.82, 2.24) is 4.58 Å². The van der Waals surface area contributed by atoms with Crippen LogP contribution in [0.15, 0.2) is 91.0 Å². The molecule has 3 aromatic rings. The summed E-state index contributed by atoms with van der Waals surface area (Å²) in [5, 5.41) is 3.26. The number of guanidine groups is 1. The maximum Gasteiger partial charge on any atom is 0.358 e. The molecule has 3 N–H and O–H groups in total. The second-order valence-corrected chi connectivity index (χ2v) is 4.88. The van der Waals surface area contributed by atoms with Gasteiger partial charge in [0.25, 0.3) is 0 Å². The average molecular weight is 368 g/mol. The van der Waals surface area contributed by atoms with E-state index in [0.29, 0.717) is 5.96 Å². The van der Waals surface area contributed by atoms with E-state index in [1.165, 1.54) is 0 Å². The van der Waals surface area contributed by atoms with E-state index in [9.17, 15) is 0 Å². The summed E-state index contributed by atoms with van der Waals surface area (Å²) in [4.78, 5) is 0. The average Bonchev–Trinajstić information content (AvgIpc) is 2.58.